The van der Waals surface area contributed by atoms with Gasteiger partial charge in [0.15, 0.2) is 0 Å². The Morgan fingerprint density at radius 1 is 1.41 bits per heavy atom. The molecule has 1 fully saturated rings. The number of anilines is 2. The van der Waals surface area contributed by atoms with E-state index in [2.05, 4.69) is 22.9 Å². The highest BCUT2D eigenvalue weighted by atomic mass is 15.1. The summed E-state index contributed by atoms with van der Waals surface area (Å²) in [5, 5.41) is 0. The standard InChI is InChI=1S/C14H23N3/c1-2-5-12-6-4-10-17(11-8-12)13-7-3-9-16-14(13)15/h3,7,9,12H,2,4-6,8,10-11H2,1H3,(H2,15,16). The summed E-state index contributed by atoms with van der Waals surface area (Å²) >= 11 is 0. The first-order valence-electron chi connectivity index (χ1n) is 6.76. The van der Waals surface area contributed by atoms with Crippen LogP contribution in [-0.4, -0.2) is 18.1 Å². The summed E-state index contributed by atoms with van der Waals surface area (Å²) in [5.41, 5.74) is 7.06. The average molecular weight is 233 g/mol. The van der Waals surface area contributed by atoms with Gasteiger partial charge in [-0.05, 0) is 37.3 Å². The molecule has 3 nitrogen and oxygen atoms in total. The van der Waals surface area contributed by atoms with Crippen LogP contribution in [0.5, 0.6) is 0 Å². The van der Waals surface area contributed by atoms with Crippen LogP contribution in [0.15, 0.2) is 18.3 Å². The normalized spacial score (nSPS) is 21.2. The number of pyridine rings is 1. The molecule has 0 radical (unpaired) electrons. The number of nitrogen functional groups attached to an aromatic ring is 1. The van der Waals surface area contributed by atoms with Gasteiger partial charge in [-0.3, -0.25) is 0 Å². The molecule has 0 aliphatic carbocycles. The van der Waals surface area contributed by atoms with Crippen LogP contribution in [0.1, 0.15) is 39.0 Å². The van der Waals surface area contributed by atoms with Crippen molar-refractivity contribution in [3.8, 4) is 0 Å². The molecule has 1 aliphatic heterocycles. The van der Waals surface area contributed by atoms with E-state index in [4.69, 9.17) is 5.73 Å². The first-order valence-corrected chi connectivity index (χ1v) is 6.76. The van der Waals surface area contributed by atoms with E-state index in [9.17, 15) is 0 Å². The van der Waals surface area contributed by atoms with Crippen molar-refractivity contribution in [3.05, 3.63) is 18.3 Å². The fraction of sp³-hybridized carbons (Fsp3) is 0.643. The van der Waals surface area contributed by atoms with Gasteiger partial charge >= 0.3 is 0 Å². The Morgan fingerprint density at radius 3 is 3.06 bits per heavy atom. The van der Waals surface area contributed by atoms with Gasteiger partial charge in [0, 0.05) is 19.3 Å². The van der Waals surface area contributed by atoms with Crippen LogP contribution in [0, 0.1) is 5.92 Å². The van der Waals surface area contributed by atoms with Crippen LogP contribution in [0.2, 0.25) is 0 Å². The van der Waals surface area contributed by atoms with Crippen molar-refractivity contribution in [2.75, 3.05) is 23.7 Å². The van der Waals surface area contributed by atoms with E-state index in [0.717, 1.165) is 24.7 Å². The second-order valence-electron chi connectivity index (χ2n) is 4.98. The predicted molar refractivity (Wildman–Crippen MR) is 73.1 cm³/mol. The maximum atomic E-state index is 5.94. The predicted octanol–water partition coefficient (Wildman–Crippen LogP) is 3.07. The second kappa shape index (κ2) is 5.89. The third kappa shape index (κ3) is 3.11. The van der Waals surface area contributed by atoms with E-state index in [0.29, 0.717) is 5.82 Å². The van der Waals surface area contributed by atoms with Crippen LogP contribution < -0.4 is 10.6 Å². The summed E-state index contributed by atoms with van der Waals surface area (Å²) in [5.74, 6) is 1.57. The smallest absolute Gasteiger partial charge is 0.146 e. The zero-order valence-electron chi connectivity index (χ0n) is 10.7. The van der Waals surface area contributed by atoms with Crippen molar-refractivity contribution < 1.29 is 0 Å². The fourth-order valence-electron chi connectivity index (χ4n) is 2.78. The first kappa shape index (κ1) is 12.2. The molecule has 0 aromatic carbocycles. The van der Waals surface area contributed by atoms with Gasteiger partial charge in [-0.2, -0.15) is 0 Å². The third-order valence-electron chi connectivity index (χ3n) is 3.70. The van der Waals surface area contributed by atoms with Crippen molar-refractivity contribution in [3.63, 3.8) is 0 Å². The zero-order chi connectivity index (χ0) is 12.1. The lowest BCUT2D eigenvalue weighted by Gasteiger charge is -2.23. The minimum absolute atomic E-state index is 0.668. The maximum absolute atomic E-state index is 5.94. The minimum atomic E-state index is 0.668. The summed E-state index contributed by atoms with van der Waals surface area (Å²) in [6, 6.07) is 4.06. The first-order chi connectivity index (χ1) is 8.31. The molecule has 2 N–H and O–H groups in total. The highest BCUT2D eigenvalue weighted by Gasteiger charge is 2.17. The summed E-state index contributed by atoms with van der Waals surface area (Å²) in [4.78, 5) is 6.58. The number of rotatable bonds is 3. The number of nitrogens with two attached hydrogens (primary N) is 1. The quantitative estimate of drug-likeness (QED) is 0.872. The Labute approximate surface area is 104 Å². The largest absolute Gasteiger partial charge is 0.382 e. The molecule has 1 aromatic heterocycles. The van der Waals surface area contributed by atoms with E-state index in [-0.39, 0.29) is 0 Å². The van der Waals surface area contributed by atoms with E-state index >= 15 is 0 Å². The number of hydrogen-bond donors (Lipinski definition) is 1. The van der Waals surface area contributed by atoms with Gasteiger partial charge in [-0.25, -0.2) is 4.98 Å². The average Bonchev–Trinajstić information content (AvgIpc) is 2.56. The molecule has 1 unspecified atom stereocenters. The Morgan fingerprint density at radius 2 is 2.29 bits per heavy atom. The van der Waals surface area contributed by atoms with Crippen molar-refractivity contribution in [2.45, 2.75) is 39.0 Å². The highest BCUT2D eigenvalue weighted by molar-refractivity contribution is 5.62. The van der Waals surface area contributed by atoms with E-state index in [1.54, 1.807) is 6.20 Å². The van der Waals surface area contributed by atoms with Crippen LogP contribution in [0.3, 0.4) is 0 Å². The van der Waals surface area contributed by atoms with Gasteiger partial charge < -0.3 is 10.6 Å². The molecule has 0 amide bonds. The SMILES string of the molecule is CCCC1CCCN(c2cccnc2N)CC1. The lowest BCUT2D eigenvalue weighted by Crippen LogP contribution is -2.25. The summed E-state index contributed by atoms with van der Waals surface area (Å²) in [7, 11) is 0. The maximum Gasteiger partial charge on any atom is 0.146 e. The van der Waals surface area contributed by atoms with Gasteiger partial charge in [0.1, 0.15) is 5.82 Å². The number of hydrogen-bond acceptors (Lipinski definition) is 3. The lowest BCUT2D eigenvalue weighted by atomic mass is 9.96. The van der Waals surface area contributed by atoms with Crippen molar-refractivity contribution in [2.24, 2.45) is 5.92 Å². The van der Waals surface area contributed by atoms with Crippen molar-refractivity contribution in [1.29, 1.82) is 0 Å². The molecule has 94 valence electrons. The van der Waals surface area contributed by atoms with Gasteiger partial charge in [0.2, 0.25) is 0 Å². The second-order valence-corrected chi connectivity index (χ2v) is 4.98. The molecule has 0 saturated carbocycles. The van der Waals surface area contributed by atoms with Crippen LogP contribution >= 0.6 is 0 Å². The zero-order valence-corrected chi connectivity index (χ0v) is 10.7. The van der Waals surface area contributed by atoms with E-state index in [1.165, 1.54) is 32.1 Å². The highest BCUT2D eigenvalue weighted by Crippen LogP contribution is 2.27. The molecule has 2 rings (SSSR count). The van der Waals surface area contributed by atoms with Gasteiger partial charge in [-0.15, -0.1) is 0 Å². The summed E-state index contributed by atoms with van der Waals surface area (Å²) < 4.78 is 0. The van der Waals surface area contributed by atoms with Crippen LogP contribution in [0.4, 0.5) is 11.5 Å². The van der Waals surface area contributed by atoms with E-state index in [1.807, 2.05) is 6.07 Å². The number of nitrogens with zero attached hydrogens (tertiary/aromatic N) is 2. The Hall–Kier alpha value is -1.25. The summed E-state index contributed by atoms with van der Waals surface area (Å²) in [6.07, 6.45) is 8.37. The molecule has 0 spiro atoms. The van der Waals surface area contributed by atoms with Crippen LogP contribution in [-0.2, 0) is 0 Å². The molecule has 1 aromatic rings. The van der Waals surface area contributed by atoms with Crippen molar-refractivity contribution in [1.82, 2.24) is 4.98 Å². The lowest BCUT2D eigenvalue weighted by molar-refractivity contribution is 0.435. The fourth-order valence-corrected chi connectivity index (χ4v) is 2.78. The molecule has 1 saturated heterocycles. The molecular weight excluding hydrogens is 210 g/mol. The van der Waals surface area contributed by atoms with Gasteiger partial charge in [0.05, 0.1) is 5.69 Å². The summed E-state index contributed by atoms with van der Waals surface area (Å²) in [6.45, 7) is 4.53. The molecule has 0 bridgehead atoms. The molecule has 3 heteroatoms. The monoisotopic (exact) mass is 233 g/mol. The van der Waals surface area contributed by atoms with Crippen LogP contribution in [0.25, 0.3) is 0 Å². The molecule has 2 heterocycles. The molecule has 1 atom stereocenters. The number of aromatic nitrogens is 1. The Kier molecular flexibility index (Phi) is 4.24. The molecule has 17 heavy (non-hydrogen) atoms. The van der Waals surface area contributed by atoms with Gasteiger partial charge in [0.25, 0.3) is 0 Å². The Balaban J connectivity index is 2.01. The topological polar surface area (TPSA) is 42.2 Å². The van der Waals surface area contributed by atoms with Gasteiger partial charge in [-0.1, -0.05) is 19.8 Å². The minimum Gasteiger partial charge on any atom is -0.382 e. The third-order valence-corrected chi connectivity index (χ3v) is 3.70. The molecule has 1 aliphatic rings. The molecular formula is C14H23N3. The Bertz CT molecular complexity index is 351. The van der Waals surface area contributed by atoms with Crippen molar-refractivity contribution >= 4 is 11.5 Å². The van der Waals surface area contributed by atoms with E-state index < -0.39 is 0 Å².